The summed E-state index contributed by atoms with van der Waals surface area (Å²) >= 11 is 6.33. The SMILES string of the molecule is O=C(O)C(CNc1c(Br)cccc1Br)C(F)(F)F. The van der Waals surface area contributed by atoms with Crippen LogP contribution in [0.15, 0.2) is 27.1 Å². The molecule has 0 spiro atoms. The standard InChI is InChI=1S/C10H8Br2F3NO2/c11-6-2-1-3-7(12)8(6)16-4-5(9(17)18)10(13,14)15/h1-3,5,16H,4H2,(H,17,18). The summed E-state index contributed by atoms with van der Waals surface area (Å²) in [6, 6.07) is 4.96. The molecular formula is C10H8Br2F3NO2. The van der Waals surface area contributed by atoms with Crippen molar-refractivity contribution in [2.24, 2.45) is 5.92 Å². The fourth-order valence-corrected chi connectivity index (χ4v) is 2.49. The van der Waals surface area contributed by atoms with E-state index in [-0.39, 0.29) is 0 Å². The highest BCUT2D eigenvalue weighted by Crippen LogP contribution is 2.32. The first-order chi connectivity index (χ1) is 8.23. The lowest BCUT2D eigenvalue weighted by Gasteiger charge is -2.18. The topological polar surface area (TPSA) is 49.3 Å². The smallest absolute Gasteiger partial charge is 0.403 e. The molecule has 100 valence electrons. The summed E-state index contributed by atoms with van der Waals surface area (Å²) < 4.78 is 38.4. The average Bonchev–Trinajstić information content (AvgIpc) is 2.19. The zero-order chi connectivity index (χ0) is 13.9. The molecule has 1 rings (SSSR count). The average molecular weight is 391 g/mol. The summed E-state index contributed by atoms with van der Waals surface area (Å²) in [6.07, 6.45) is -4.79. The molecule has 0 bridgehead atoms. The molecule has 0 aliphatic heterocycles. The van der Waals surface area contributed by atoms with E-state index < -0.39 is 24.6 Å². The van der Waals surface area contributed by atoms with Crippen LogP contribution in [0.4, 0.5) is 18.9 Å². The predicted octanol–water partition coefficient (Wildman–Crippen LogP) is 3.89. The number of anilines is 1. The van der Waals surface area contributed by atoms with Crippen LogP contribution < -0.4 is 5.32 Å². The van der Waals surface area contributed by atoms with Gasteiger partial charge in [-0.1, -0.05) is 6.07 Å². The van der Waals surface area contributed by atoms with E-state index in [0.29, 0.717) is 14.6 Å². The molecule has 0 aromatic heterocycles. The summed E-state index contributed by atoms with van der Waals surface area (Å²) in [5.41, 5.74) is 0.382. The third-order valence-corrected chi connectivity index (χ3v) is 3.46. The van der Waals surface area contributed by atoms with Gasteiger partial charge in [0.25, 0.3) is 0 Å². The highest BCUT2D eigenvalue weighted by atomic mass is 79.9. The van der Waals surface area contributed by atoms with Gasteiger partial charge in [0.2, 0.25) is 0 Å². The molecule has 8 heteroatoms. The lowest BCUT2D eigenvalue weighted by atomic mass is 10.1. The minimum Gasteiger partial charge on any atom is -0.481 e. The second-order valence-electron chi connectivity index (χ2n) is 3.41. The number of hydrogen-bond donors (Lipinski definition) is 2. The van der Waals surface area contributed by atoms with Crippen LogP contribution in [0.2, 0.25) is 0 Å². The summed E-state index contributed by atoms with van der Waals surface area (Å²) in [4.78, 5) is 10.6. The first-order valence-corrected chi connectivity index (χ1v) is 6.29. The second-order valence-corrected chi connectivity index (χ2v) is 5.12. The number of alkyl halides is 3. The quantitative estimate of drug-likeness (QED) is 0.820. The Morgan fingerprint density at radius 1 is 1.33 bits per heavy atom. The molecule has 0 amide bonds. The molecule has 0 saturated heterocycles. The van der Waals surface area contributed by atoms with E-state index in [1.54, 1.807) is 18.2 Å². The molecule has 3 nitrogen and oxygen atoms in total. The van der Waals surface area contributed by atoms with Crippen LogP contribution in [0, 0.1) is 5.92 Å². The molecular weight excluding hydrogens is 383 g/mol. The number of carboxylic acids is 1. The van der Waals surface area contributed by atoms with E-state index in [2.05, 4.69) is 37.2 Å². The molecule has 2 N–H and O–H groups in total. The zero-order valence-electron chi connectivity index (χ0n) is 8.76. The molecule has 1 atom stereocenters. The minimum absolute atomic E-state index is 0.382. The van der Waals surface area contributed by atoms with Crippen molar-refractivity contribution < 1.29 is 23.1 Å². The van der Waals surface area contributed by atoms with Crippen LogP contribution in [0.25, 0.3) is 0 Å². The number of benzene rings is 1. The molecule has 1 aromatic carbocycles. The van der Waals surface area contributed by atoms with Gasteiger partial charge in [-0.2, -0.15) is 13.2 Å². The lowest BCUT2D eigenvalue weighted by Crippen LogP contribution is -2.36. The molecule has 0 aliphatic carbocycles. The van der Waals surface area contributed by atoms with Crippen LogP contribution in [0.5, 0.6) is 0 Å². The molecule has 0 radical (unpaired) electrons. The first-order valence-electron chi connectivity index (χ1n) is 4.71. The van der Waals surface area contributed by atoms with Crippen molar-refractivity contribution >= 4 is 43.5 Å². The van der Waals surface area contributed by atoms with Crippen molar-refractivity contribution in [2.45, 2.75) is 6.18 Å². The van der Waals surface area contributed by atoms with Gasteiger partial charge in [0.05, 0.1) is 5.69 Å². The largest absolute Gasteiger partial charge is 0.481 e. The highest BCUT2D eigenvalue weighted by Gasteiger charge is 2.44. The van der Waals surface area contributed by atoms with Gasteiger partial charge in [0.1, 0.15) is 0 Å². The number of halogens is 5. The summed E-state index contributed by atoms with van der Waals surface area (Å²) in [5.74, 6) is -4.35. The molecule has 1 unspecified atom stereocenters. The Bertz CT molecular complexity index is 431. The van der Waals surface area contributed by atoms with E-state index in [1.807, 2.05) is 0 Å². The number of para-hydroxylation sites is 1. The zero-order valence-corrected chi connectivity index (χ0v) is 11.9. The number of hydrogen-bond acceptors (Lipinski definition) is 2. The van der Waals surface area contributed by atoms with Gasteiger partial charge >= 0.3 is 12.1 Å². The van der Waals surface area contributed by atoms with Gasteiger partial charge in [-0.25, -0.2) is 0 Å². The molecule has 18 heavy (non-hydrogen) atoms. The normalized spacial score (nSPS) is 13.2. The first kappa shape index (κ1) is 15.3. The van der Waals surface area contributed by atoms with E-state index in [0.717, 1.165) is 0 Å². The van der Waals surface area contributed by atoms with Crippen molar-refractivity contribution in [3.05, 3.63) is 27.1 Å². The van der Waals surface area contributed by atoms with Crippen LogP contribution in [-0.2, 0) is 4.79 Å². The van der Waals surface area contributed by atoms with Gasteiger partial charge in [0, 0.05) is 15.5 Å². The summed E-state index contributed by atoms with van der Waals surface area (Å²) in [7, 11) is 0. The van der Waals surface area contributed by atoms with Gasteiger partial charge in [-0.3, -0.25) is 4.79 Å². The summed E-state index contributed by atoms with van der Waals surface area (Å²) in [5, 5.41) is 11.0. The Hall–Kier alpha value is -0.760. The van der Waals surface area contributed by atoms with Crippen LogP contribution >= 0.6 is 31.9 Å². The number of rotatable bonds is 4. The summed E-state index contributed by atoms with van der Waals surface area (Å²) in [6.45, 7) is -0.736. The highest BCUT2D eigenvalue weighted by molar-refractivity contribution is 9.11. The van der Waals surface area contributed by atoms with Crippen molar-refractivity contribution in [3.63, 3.8) is 0 Å². The molecule has 1 aromatic rings. The molecule has 0 fully saturated rings. The van der Waals surface area contributed by atoms with E-state index in [1.165, 1.54) is 0 Å². The number of carbonyl (C=O) groups is 1. The van der Waals surface area contributed by atoms with E-state index >= 15 is 0 Å². The Balaban J connectivity index is 2.83. The minimum atomic E-state index is -4.79. The maximum atomic E-state index is 12.4. The molecule has 0 saturated carbocycles. The third-order valence-electron chi connectivity index (χ3n) is 2.14. The van der Waals surface area contributed by atoms with Crippen LogP contribution in [0.3, 0.4) is 0 Å². The number of carboxylic acid groups (broad SMARTS) is 1. The van der Waals surface area contributed by atoms with E-state index in [4.69, 9.17) is 5.11 Å². The van der Waals surface area contributed by atoms with Crippen LogP contribution in [-0.4, -0.2) is 23.8 Å². The second kappa shape index (κ2) is 5.92. The van der Waals surface area contributed by atoms with Gasteiger partial charge in [-0.05, 0) is 44.0 Å². The predicted molar refractivity (Wildman–Crippen MR) is 67.5 cm³/mol. The Morgan fingerprint density at radius 3 is 2.22 bits per heavy atom. The Morgan fingerprint density at radius 2 is 1.83 bits per heavy atom. The molecule has 0 aliphatic rings. The maximum absolute atomic E-state index is 12.4. The van der Waals surface area contributed by atoms with Gasteiger partial charge in [0.15, 0.2) is 5.92 Å². The van der Waals surface area contributed by atoms with Crippen molar-refractivity contribution in [1.29, 1.82) is 0 Å². The fraction of sp³-hybridized carbons (Fsp3) is 0.300. The Kier molecular flexibility index (Phi) is 5.03. The van der Waals surface area contributed by atoms with E-state index in [9.17, 15) is 18.0 Å². The Labute approximate surface area is 118 Å². The van der Waals surface area contributed by atoms with Crippen molar-refractivity contribution in [1.82, 2.24) is 0 Å². The third kappa shape index (κ3) is 3.88. The number of aliphatic carboxylic acids is 1. The van der Waals surface area contributed by atoms with Crippen molar-refractivity contribution in [3.8, 4) is 0 Å². The molecule has 0 heterocycles. The van der Waals surface area contributed by atoms with Gasteiger partial charge < -0.3 is 10.4 Å². The maximum Gasteiger partial charge on any atom is 0.403 e. The monoisotopic (exact) mass is 389 g/mol. The van der Waals surface area contributed by atoms with Crippen molar-refractivity contribution in [2.75, 3.05) is 11.9 Å². The van der Waals surface area contributed by atoms with Crippen LogP contribution in [0.1, 0.15) is 0 Å². The fourth-order valence-electron chi connectivity index (χ4n) is 1.21. The lowest BCUT2D eigenvalue weighted by molar-refractivity contribution is -0.190. The number of nitrogens with one attached hydrogen (secondary N) is 1. The van der Waals surface area contributed by atoms with Gasteiger partial charge in [-0.15, -0.1) is 0 Å².